The van der Waals surface area contributed by atoms with Gasteiger partial charge in [-0.15, -0.1) is 0 Å². The fourth-order valence-electron chi connectivity index (χ4n) is 2.69. The van der Waals surface area contributed by atoms with Gasteiger partial charge in [0.25, 0.3) is 0 Å². The fraction of sp³-hybridized carbons (Fsp3) is 0.929. The molecule has 0 aromatic rings. The summed E-state index contributed by atoms with van der Waals surface area (Å²) in [6.45, 7) is 5.24. The monoisotopic (exact) mass is 257 g/mol. The standard InChI is InChI=1S/C14H27NO3/c1-3-7-12(13(17)18-4-2)15-10-14(11-16)8-5-6-9-14/h12,15-16H,3-11H2,1-2H3. The Morgan fingerprint density at radius 2 is 2.06 bits per heavy atom. The summed E-state index contributed by atoms with van der Waals surface area (Å²) in [5, 5.41) is 12.8. The third kappa shape index (κ3) is 4.25. The second-order valence-corrected chi connectivity index (χ2v) is 5.34. The average Bonchev–Trinajstić information content (AvgIpc) is 2.84. The van der Waals surface area contributed by atoms with Crippen molar-refractivity contribution in [1.29, 1.82) is 0 Å². The Morgan fingerprint density at radius 3 is 2.56 bits per heavy atom. The molecule has 106 valence electrons. The summed E-state index contributed by atoms with van der Waals surface area (Å²) >= 11 is 0. The average molecular weight is 257 g/mol. The van der Waals surface area contributed by atoms with E-state index in [1.165, 1.54) is 12.8 Å². The second-order valence-electron chi connectivity index (χ2n) is 5.34. The van der Waals surface area contributed by atoms with Crippen LogP contribution in [0.4, 0.5) is 0 Å². The van der Waals surface area contributed by atoms with Crippen LogP contribution in [0.5, 0.6) is 0 Å². The molecule has 1 fully saturated rings. The molecule has 1 aliphatic carbocycles. The molecule has 0 aliphatic heterocycles. The van der Waals surface area contributed by atoms with E-state index in [2.05, 4.69) is 12.2 Å². The maximum atomic E-state index is 11.8. The minimum atomic E-state index is -0.223. The van der Waals surface area contributed by atoms with Crippen LogP contribution in [0.2, 0.25) is 0 Å². The Morgan fingerprint density at radius 1 is 1.39 bits per heavy atom. The van der Waals surface area contributed by atoms with Gasteiger partial charge in [-0.2, -0.15) is 0 Å². The minimum Gasteiger partial charge on any atom is -0.465 e. The highest BCUT2D eigenvalue weighted by Crippen LogP contribution is 2.37. The van der Waals surface area contributed by atoms with E-state index >= 15 is 0 Å². The van der Waals surface area contributed by atoms with Crippen molar-refractivity contribution < 1.29 is 14.6 Å². The zero-order valence-electron chi connectivity index (χ0n) is 11.7. The highest BCUT2D eigenvalue weighted by atomic mass is 16.5. The molecule has 1 aliphatic rings. The van der Waals surface area contributed by atoms with Crippen LogP contribution in [0.25, 0.3) is 0 Å². The molecule has 18 heavy (non-hydrogen) atoms. The van der Waals surface area contributed by atoms with Gasteiger partial charge in [-0.3, -0.25) is 4.79 Å². The molecule has 2 N–H and O–H groups in total. The number of nitrogens with one attached hydrogen (secondary N) is 1. The molecule has 0 bridgehead atoms. The van der Waals surface area contributed by atoms with Crippen molar-refractivity contribution in [3.05, 3.63) is 0 Å². The van der Waals surface area contributed by atoms with Crippen LogP contribution in [-0.2, 0) is 9.53 Å². The SMILES string of the molecule is CCCC(NCC1(CO)CCCC1)C(=O)OCC. The predicted molar refractivity (Wildman–Crippen MR) is 71.3 cm³/mol. The molecule has 1 saturated carbocycles. The van der Waals surface area contributed by atoms with Crippen molar-refractivity contribution in [2.45, 2.75) is 58.4 Å². The second kappa shape index (κ2) is 7.74. The third-order valence-electron chi connectivity index (χ3n) is 3.87. The molecule has 0 radical (unpaired) electrons. The van der Waals surface area contributed by atoms with Crippen LogP contribution < -0.4 is 5.32 Å². The zero-order valence-corrected chi connectivity index (χ0v) is 11.7. The molecule has 0 saturated heterocycles. The van der Waals surface area contributed by atoms with Gasteiger partial charge in [-0.1, -0.05) is 26.2 Å². The molecule has 0 aromatic carbocycles. The number of rotatable bonds is 8. The highest BCUT2D eigenvalue weighted by Gasteiger charge is 2.34. The van der Waals surface area contributed by atoms with Gasteiger partial charge in [-0.05, 0) is 26.2 Å². The van der Waals surface area contributed by atoms with Crippen LogP contribution in [0.3, 0.4) is 0 Å². The number of hydrogen-bond acceptors (Lipinski definition) is 4. The van der Waals surface area contributed by atoms with Gasteiger partial charge in [-0.25, -0.2) is 0 Å². The van der Waals surface area contributed by atoms with Gasteiger partial charge >= 0.3 is 5.97 Å². The molecule has 0 amide bonds. The van der Waals surface area contributed by atoms with E-state index in [0.29, 0.717) is 13.2 Å². The number of hydrogen-bond donors (Lipinski definition) is 2. The molecular formula is C14H27NO3. The number of aliphatic hydroxyl groups is 1. The number of aliphatic hydroxyl groups excluding tert-OH is 1. The van der Waals surface area contributed by atoms with Gasteiger partial charge in [0.1, 0.15) is 6.04 Å². The maximum absolute atomic E-state index is 11.8. The summed E-state index contributed by atoms with van der Waals surface area (Å²) in [4.78, 5) is 11.8. The number of ether oxygens (including phenoxy) is 1. The fourth-order valence-corrected chi connectivity index (χ4v) is 2.69. The largest absolute Gasteiger partial charge is 0.465 e. The lowest BCUT2D eigenvalue weighted by Gasteiger charge is -2.29. The van der Waals surface area contributed by atoms with E-state index < -0.39 is 0 Å². The lowest BCUT2D eigenvalue weighted by molar-refractivity contribution is -0.146. The van der Waals surface area contributed by atoms with E-state index in [0.717, 1.165) is 25.7 Å². The summed E-state index contributed by atoms with van der Waals surface area (Å²) in [7, 11) is 0. The first kappa shape index (κ1) is 15.4. The van der Waals surface area contributed by atoms with Gasteiger partial charge < -0.3 is 15.2 Å². The predicted octanol–water partition coefficient (Wildman–Crippen LogP) is 1.86. The Bertz CT molecular complexity index is 249. The third-order valence-corrected chi connectivity index (χ3v) is 3.87. The summed E-state index contributed by atoms with van der Waals surface area (Å²) in [5.74, 6) is -0.162. The van der Waals surface area contributed by atoms with Gasteiger partial charge in [0.15, 0.2) is 0 Å². The lowest BCUT2D eigenvalue weighted by Crippen LogP contribution is -2.44. The van der Waals surface area contributed by atoms with Gasteiger partial charge in [0, 0.05) is 18.6 Å². The molecule has 1 unspecified atom stereocenters. The first-order valence-electron chi connectivity index (χ1n) is 7.18. The normalized spacial score (nSPS) is 19.7. The van der Waals surface area contributed by atoms with Crippen LogP contribution in [0.1, 0.15) is 52.4 Å². The summed E-state index contributed by atoms with van der Waals surface area (Å²) in [6.07, 6.45) is 6.21. The van der Waals surface area contributed by atoms with Crippen molar-refractivity contribution in [3.63, 3.8) is 0 Å². The van der Waals surface area contributed by atoms with E-state index in [-0.39, 0.29) is 24.0 Å². The molecule has 0 spiro atoms. The molecule has 1 atom stereocenters. The van der Waals surface area contributed by atoms with Crippen molar-refractivity contribution in [2.75, 3.05) is 19.8 Å². The minimum absolute atomic E-state index is 0.0154. The Kier molecular flexibility index (Phi) is 6.65. The van der Waals surface area contributed by atoms with Crippen molar-refractivity contribution in [1.82, 2.24) is 5.32 Å². The molecule has 0 aromatic heterocycles. The smallest absolute Gasteiger partial charge is 0.323 e. The lowest BCUT2D eigenvalue weighted by atomic mass is 9.87. The Balaban J connectivity index is 2.47. The summed E-state index contributed by atoms with van der Waals surface area (Å²) in [5.41, 5.74) is -0.0154. The van der Waals surface area contributed by atoms with Crippen LogP contribution in [0, 0.1) is 5.41 Å². The number of carbonyl (C=O) groups is 1. The summed E-state index contributed by atoms with van der Waals surface area (Å²) < 4.78 is 5.07. The van der Waals surface area contributed by atoms with Crippen molar-refractivity contribution >= 4 is 5.97 Å². The van der Waals surface area contributed by atoms with Crippen molar-refractivity contribution in [3.8, 4) is 0 Å². The summed E-state index contributed by atoms with van der Waals surface area (Å²) in [6, 6.07) is -0.223. The number of esters is 1. The molecular weight excluding hydrogens is 230 g/mol. The highest BCUT2D eigenvalue weighted by molar-refractivity contribution is 5.75. The van der Waals surface area contributed by atoms with Crippen LogP contribution in [0.15, 0.2) is 0 Å². The van der Waals surface area contributed by atoms with E-state index in [9.17, 15) is 9.90 Å². The van der Waals surface area contributed by atoms with Gasteiger partial charge in [0.2, 0.25) is 0 Å². The van der Waals surface area contributed by atoms with Crippen LogP contribution >= 0.6 is 0 Å². The van der Waals surface area contributed by atoms with Gasteiger partial charge in [0.05, 0.1) is 6.61 Å². The van der Waals surface area contributed by atoms with E-state index in [1.807, 2.05) is 6.92 Å². The van der Waals surface area contributed by atoms with E-state index in [4.69, 9.17) is 4.74 Å². The molecule has 4 nitrogen and oxygen atoms in total. The molecule has 1 rings (SSSR count). The first-order chi connectivity index (χ1) is 8.67. The molecule has 0 heterocycles. The van der Waals surface area contributed by atoms with E-state index in [1.54, 1.807) is 0 Å². The molecule has 4 heteroatoms. The Hall–Kier alpha value is -0.610. The van der Waals surface area contributed by atoms with Crippen molar-refractivity contribution in [2.24, 2.45) is 5.41 Å². The maximum Gasteiger partial charge on any atom is 0.323 e. The van der Waals surface area contributed by atoms with Crippen LogP contribution in [-0.4, -0.2) is 36.9 Å². The zero-order chi connectivity index (χ0) is 13.4. The quantitative estimate of drug-likeness (QED) is 0.652. The number of carbonyl (C=O) groups excluding carboxylic acids is 1. The Labute approximate surface area is 110 Å². The topological polar surface area (TPSA) is 58.6 Å². The first-order valence-corrected chi connectivity index (χ1v) is 7.18.